The Bertz CT molecular complexity index is 1550. The van der Waals surface area contributed by atoms with Crippen LogP contribution in [0.15, 0.2) is 58.4 Å². The highest BCUT2D eigenvalue weighted by atomic mass is 19.1. The van der Waals surface area contributed by atoms with E-state index in [0.29, 0.717) is 24.3 Å². The molecule has 4 rings (SSSR count). The van der Waals surface area contributed by atoms with Crippen LogP contribution < -0.4 is 11.0 Å². The predicted molar refractivity (Wildman–Crippen MR) is 124 cm³/mol. The Balaban J connectivity index is 2.13. The number of benzene rings is 1. The van der Waals surface area contributed by atoms with E-state index in [2.05, 4.69) is 4.99 Å². The van der Waals surface area contributed by atoms with Crippen LogP contribution >= 0.6 is 0 Å². The molecule has 0 radical (unpaired) electrons. The maximum atomic E-state index is 13.3. The number of rotatable bonds is 5. The summed E-state index contributed by atoms with van der Waals surface area (Å²) in [5.74, 6) is -1.86. The molecule has 1 aromatic carbocycles. The van der Waals surface area contributed by atoms with Crippen molar-refractivity contribution in [3.8, 4) is 0 Å². The van der Waals surface area contributed by atoms with Gasteiger partial charge in [-0.3, -0.25) is 14.0 Å². The fourth-order valence-electron chi connectivity index (χ4n) is 3.76. The molecule has 0 saturated carbocycles. The molecule has 0 atom stereocenters. The number of pyridine rings is 2. The first-order valence-electron chi connectivity index (χ1n) is 10.9. The van der Waals surface area contributed by atoms with E-state index in [0.717, 1.165) is 17.7 Å². The van der Waals surface area contributed by atoms with Crippen LogP contribution in [0, 0.1) is 12.7 Å². The van der Waals surface area contributed by atoms with E-state index in [4.69, 9.17) is 9.72 Å². The second-order valence-corrected chi connectivity index (χ2v) is 7.72. The number of carbonyl (C=O) groups is 2. The number of nitrogens with zero attached hydrogens (tertiary/aromatic N) is 4. The number of amides is 1. The van der Waals surface area contributed by atoms with E-state index in [-0.39, 0.29) is 34.2 Å². The van der Waals surface area contributed by atoms with Crippen molar-refractivity contribution in [1.82, 2.24) is 14.0 Å². The van der Waals surface area contributed by atoms with E-state index in [9.17, 15) is 18.8 Å². The Kier molecular flexibility index (Phi) is 6.36. The largest absolute Gasteiger partial charge is 0.462 e. The van der Waals surface area contributed by atoms with Crippen molar-refractivity contribution in [2.75, 3.05) is 6.61 Å². The van der Waals surface area contributed by atoms with Crippen molar-refractivity contribution < 1.29 is 18.7 Å². The highest BCUT2D eigenvalue weighted by molar-refractivity contribution is 5.97. The van der Waals surface area contributed by atoms with Crippen molar-refractivity contribution in [3.05, 3.63) is 87.0 Å². The standard InChI is InChI=1S/C25H23FN4O4/c1-4-12-29-21-18(24(32)30-13-6-7-15(3)20(30)27-21)14-19(25(33)34-5-2)22(29)28-23(31)16-8-10-17(26)11-9-16/h6-11,13-14H,4-5,12H2,1-3H3. The van der Waals surface area contributed by atoms with Gasteiger partial charge in [-0.1, -0.05) is 13.0 Å². The molecule has 9 heteroatoms. The van der Waals surface area contributed by atoms with Gasteiger partial charge in [0.25, 0.3) is 11.5 Å². The summed E-state index contributed by atoms with van der Waals surface area (Å²) >= 11 is 0. The molecular formula is C25H23FN4O4. The molecule has 0 fully saturated rings. The summed E-state index contributed by atoms with van der Waals surface area (Å²) in [5, 5.41) is 0.202. The maximum Gasteiger partial charge on any atom is 0.341 e. The topological polar surface area (TPSA) is 95.0 Å². The van der Waals surface area contributed by atoms with Gasteiger partial charge < -0.3 is 9.30 Å². The molecule has 0 unspecified atom stereocenters. The molecular weight excluding hydrogens is 439 g/mol. The quantitative estimate of drug-likeness (QED) is 0.335. The predicted octanol–water partition coefficient (Wildman–Crippen LogP) is 3.42. The van der Waals surface area contributed by atoms with E-state index in [1.165, 1.54) is 22.6 Å². The Morgan fingerprint density at radius 2 is 1.85 bits per heavy atom. The Morgan fingerprint density at radius 3 is 2.53 bits per heavy atom. The Hall–Kier alpha value is -4.14. The van der Waals surface area contributed by atoms with Gasteiger partial charge in [-0.15, -0.1) is 0 Å². The van der Waals surface area contributed by atoms with Crippen LogP contribution in [0.25, 0.3) is 16.7 Å². The minimum absolute atomic E-state index is 0.0234. The number of hydrogen-bond acceptors (Lipinski definition) is 5. The highest BCUT2D eigenvalue weighted by Gasteiger charge is 2.20. The number of hydrogen-bond donors (Lipinski definition) is 0. The van der Waals surface area contributed by atoms with Gasteiger partial charge in [0.2, 0.25) is 0 Å². The third-order valence-electron chi connectivity index (χ3n) is 5.35. The Morgan fingerprint density at radius 1 is 1.12 bits per heavy atom. The van der Waals surface area contributed by atoms with E-state index >= 15 is 0 Å². The number of halogens is 1. The van der Waals surface area contributed by atoms with Crippen LogP contribution in [-0.4, -0.2) is 32.4 Å². The fourth-order valence-corrected chi connectivity index (χ4v) is 3.76. The van der Waals surface area contributed by atoms with Crippen LogP contribution in [0.1, 0.15) is 46.5 Å². The van der Waals surface area contributed by atoms with Gasteiger partial charge in [0.05, 0.1) is 12.0 Å². The van der Waals surface area contributed by atoms with Gasteiger partial charge in [0.15, 0.2) is 5.49 Å². The van der Waals surface area contributed by atoms with Gasteiger partial charge in [-0.2, -0.15) is 4.99 Å². The third-order valence-corrected chi connectivity index (χ3v) is 5.35. The van der Waals surface area contributed by atoms with Gasteiger partial charge in [0, 0.05) is 18.3 Å². The molecule has 0 spiro atoms. The van der Waals surface area contributed by atoms with E-state index < -0.39 is 17.7 Å². The minimum atomic E-state index is -0.714. The summed E-state index contributed by atoms with van der Waals surface area (Å²) in [4.78, 5) is 48.1. The summed E-state index contributed by atoms with van der Waals surface area (Å²) in [6.07, 6.45) is 2.23. The molecule has 3 heterocycles. The van der Waals surface area contributed by atoms with Crippen molar-refractivity contribution in [3.63, 3.8) is 0 Å². The van der Waals surface area contributed by atoms with Crippen LogP contribution in [-0.2, 0) is 11.3 Å². The second-order valence-electron chi connectivity index (χ2n) is 7.72. The summed E-state index contributed by atoms with van der Waals surface area (Å²) < 4.78 is 21.5. The maximum absolute atomic E-state index is 13.3. The average Bonchev–Trinajstić information content (AvgIpc) is 2.82. The molecule has 3 aromatic heterocycles. The number of aromatic nitrogens is 3. The van der Waals surface area contributed by atoms with E-state index in [1.54, 1.807) is 23.8 Å². The monoisotopic (exact) mass is 462 g/mol. The zero-order valence-electron chi connectivity index (χ0n) is 19.0. The number of carbonyl (C=O) groups excluding carboxylic acids is 2. The zero-order chi connectivity index (χ0) is 24.4. The van der Waals surface area contributed by atoms with Crippen LogP contribution in [0.2, 0.25) is 0 Å². The van der Waals surface area contributed by atoms with Gasteiger partial charge in [-0.05, 0) is 62.2 Å². The molecule has 0 N–H and O–H groups in total. The fraction of sp³-hybridized carbons (Fsp3) is 0.240. The minimum Gasteiger partial charge on any atom is -0.462 e. The van der Waals surface area contributed by atoms with Gasteiger partial charge in [-0.25, -0.2) is 14.2 Å². The van der Waals surface area contributed by atoms with Crippen molar-refractivity contribution >= 4 is 28.6 Å². The third kappa shape index (κ3) is 4.12. The number of fused-ring (bicyclic) bond motifs is 2. The molecule has 4 aromatic rings. The molecule has 1 amide bonds. The second kappa shape index (κ2) is 9.38. The summed E-state index contributed by atoms with van der Waals surface area (Å²) in [6, 6.07) is 9.92. The molecule has 0 bridgehead atoms. The SMILES string of the molecule is CCCn1c(=NC(=O)c2ccc(F)cc2)c(C(=O)OCC)cc2c(=O)n3cccc(C)c3nc21. The van der Waals surface area contributed by atoms with Crippen LogP contribution in [0.4, 0.5) is 4.39 Å². The van der Waals surface area contributed by atoms with Crippen LogP contribution in [0.5, 0.6) is 0 Å². The zero-order valence-corrected chi connectivity index (χ0v) is 19.0. The van der Waals surface area contributed by atoms with Crippen molar-refractivity contribution in [2.24, 2.45) is 4.99 Å². The molecule has 174 valence electrons. The summed E-state index contributed by atoms with van der Waals surface area (Å²) in [7, 11) is 0. The van der Waals surface area contributed by atoms with Crippen molar-refractivity contribution in [1.29, 1.82) is 0 Å². The molecule has 0 saturated heterocycles. The van der Waals surface area contributed by atoms with Gasteiger partial charge in [0.1, 0.15) is 22.7 Å². The van der Waals surface area contributed by atoms with E-state index in [1.807, 2.05) is 19.9 Å². The molecule has 0 aliphatic heterocycles. The average molecular weight is 462 g/mol. The molecule has 0 aliphatic carbocycles. The number of ether oxygens (including phenoxy) is 1. The molecule has 0 aliphatic rings. The lowest BCUT2D eigenvalue weighted by atomic mass is 10.2. The number of esters is 1. The smallest absolute Gasteiger partial charge is 0.341 e. The van der Waals surface area contributed by atoms with Crippen molar-refractivity contribution in [2.45, 2.75) is 33.7 Å². The molecule has 8 nitrogen and oxygen atoms in total. The number of aryl methyl sites for hydroxylation is 2. The molecule has 34 heavy (non-hydrogen) atoms. The Labute approximate surface area is 194 Å². The lowest BCUT2D eigenvalue weighted by Crippen LogP contribution is -2.32. The first-order chi connectivity index (χ1) is 16.3. The normalized spacial score (nSPS) is 11.8. The summed E-state index contributed by atoms with van der Waals surface area (Å²) in [5.41, 5.74) is 1.37. The summed E-state index contributed by atoms with van der Waals surface area (Å²) in [6.45, 7) is 5.86. The highest BCUT2D eigenvalue weighted by Crippen LogP contribution is 2.14. The van der Waals surface area contributed by atoms with Gasteiger partial charge >= 0.3 is 5.97 Å². The lowest BCUT2D eigenvalue weighted by molar-refractivity contribution is 0.0523. The first kappa shape index (κ1) is 23.0. The lowest BCUT2D eigenvalue weighted by Gasteiger charge is -2.15. The van der Waals surface area contributed by atoms with Crippen LogP contribution in [0.3, 0.4) is 0 Å². The first-order valence-corrected chi connectivity index (χ1v) is 10.9.